The standard InChI is InChI=1S/C16H22N2O2/c1-5-8-14(17)16(19)18-12(4)13-9-6-7-10-15(13)20-11(2)3/h1,6-7,9-12,14H,8,17H2,2-4H3,(H,18,19). The van der Waals surface area contributed by atoms with Crippen LogP contribution < -0.4 is 15.8 Å². The number of amides is 1. The number of hydrogen-bond acceptors (Lipinski definition) is 3. The number of ether oxygens (including phenoxy) is 1. The van der Waals surface area contributed by atoms with Crippen LogP contribution in [0.5, 0.6) is 5.75 Å². The van der Waals surface area contributed by atoms with Crippen LogP contribution in [0.1, 0.15) is 38.8 Å². The third kappa shape index (κ3) is 4.60. The number of nitrogens with one attached hydrogen (secondary N) is 1. The first-order valence-electron chi connectivity index (χ1n) is 6.70. The molecule has 0 heterocycles. The van der Waals surface area contributed by atoms with E-state index in [1.54, 1.807) is 0 Å². The number of nitrogens with two attached hydrogens (primary N) is 1. The lowest BCUT2D eigenvalue weighted by Crippen LogP contribution is -2.41. The lowest BCUT2D eigenvalue weighted by molar-refractivity contribution is -0.122. The minimum Gasteiger partial charge on any atom is -0.491 e. The van der Waals surface area contributed by atoms with Gasteiger partial charge in [0.2, 0.25) is 5.91 Å². The molecule has 0 saturated carbocycles. The Balaban J connectivity index is 2.79. The summed E-state index contributed by atoms with van der Waals surface area (Å²) in [5, 5.41) is 2.85. The number of carbonyl (C=O) groups excluding carboxylic acids is 1. The Morgan fingerprint density at radius 1 is 1.40 bits per heavy atom. The van der Waals surface area contributed by atoms with E-state index < -0.39 is 6.04 Å². The molecule has 0 bridgehead atoms. The van der Waals surface area contributed by atoms with Gasteiger partial charge in [0.1, 0.15) is 5.75 Å². The van der Waals surface area contributed by atoms with E-state index in [0.29, 0.717) is 0 Å². The number of carbonyl (C=O) groups is 1. The van der Waals surface area contributed by atoms with Gasteiger partial charge in [-0.3, -0.25) is 4.79 Å². The molecule has 1 amide bonds. The molecule has 0 spiro atoms. The molecule has 4 nitrogen and oxygen atoms in total. The highest BCUT2D eigenvalue weighted by atomic mass is 16.5. The second kappa shape index (κ2) is 7.56. The predicted octanol–water partition coefficient (Wildman–Crippen LogP) is 2.00. The first-order chi connectivity index (χ1) is 9.45. The molecule has 0 aliphatic rings. The Kier molecular flexibility index (Phi) is 6.08. The van der Waals surface area contributed by atoms with Gasteiger partial charge < -0.3 is 15.8 Å². The van der Waals surface area contributed by atoms with E-state index in [-0.39, 0.29) is 24.5 Å². The zero-order valence-electron chi connectivity index (χ0n) is 12.2. The molecule has 3 N–H and O–H groups in total. The quantitative estimate of drug-likeness (QED) is 0.780. The molecule has 2 atom stereocenters. The monoisotopic (exact) mass is 274 g/mol. The number of benzene rings is 1. The van der Waals surface area contributed by atoms with Crippen LogP contribution in [0.25, 0.3) is 0 Å². The highest BCUT2D eigenvalue weighted by Gasteiger charge is 2.18. The molecular formula is C16H22N2O2. The van der Waals surface area contributed by atoms with E-state index in [1.807, 2.05) is 45.0 Å². The number of rotatable bonds is 6. The fraction of sp³-hybridized carbons (Fsp3) is 0.438. The topological polar surface area (TPSA) is 64.4 Å². The van der Waals surface area contributed by atoms with Crippen LogP contribution in [0.15, 0.2) is 24.3 Å². The van der Waals surface area contributed by atoms with Gasteiger partial charge in [0.05, 0.1) is 18.2 Å². The van der Waals surface area contributed by atoms with Gasteiger partial charge in [0.15, 0.2) is 0 Å². The molecule has 0 fully saturated rings. The Morgan fingerprint density at radius 2 is 2.05 bits per heavy atom. The molecule has 0 radical (unpaired) electrons. The Morgan fingerprint density at radius 3 is 2.65 bits per heavy atom. The fourth-order valence-corrected chi connectivity index (χ4v) is 1.82. The highest BCUT2D eigenvalue weighted by Crippen LogP contribution is 2.25. The molecule has 0 aliphatic heterocycles. The van der Waals surface area contributed by atoms with Gasteiger partial charge in [-0.15, -0.1) is 12.3 Å². The van der Waals surface area contributed by atoms with Crippen LogP contribution in [0.3, 0.4) is 0 Å². The Hall–Kier alpha value is -1.99. The lowest BCUT2D eigenvalue weighted by Gasteiger charge is -2.21. The predicted molar refractivity (Wildman–Crippen MR) is 80.2 cm³/mol. The Bertz CT molecular complexity index is 491. The van der Waals surface area contributed by atoms with Crippen molar-refractivity contribution >= 4 is 5.91 Å². The van der Waals surface area contributed by atoms with Crippen LogP contribution in [0, 0.1) is 12.3 Å². The van der Waals surface area contributed by atoms with Crippen molar-refractivity contribution in [3.8, 4) is 18.1 Å². The molecule has 108 valence electrons. The average molecular weight is 274 g/mol. The van der Waals surface area contributed by atoms with Crippen LogP contribution in [-0.2, 0) is 4.79 Å². The molecule has 2 unspecified atom stereocenters. The van der Waals surface area contributed by atoms with E-state index in [4.69, 9.17) is 16.9 Å². The van der Waals surface area contributed by atoms with Crippen molar-refractivity contribution in [3.05, 3.63) is 29.8 Å². The second-order valence-electron chi connectivity index (χ2n) is 4.95. The van der Waals surface area contributed by atoms with Gasteiger partial charge in [0, 0.05) is 12.0 Å². The van der Waals surface area contributed by atoms with Crippen molar-refractivity contribution < 1.29 is 9.53 Å². The molecular weight excluding hydrogens is 252 g/mol. The fourth-order valence-electron chi connectivity index (χ4n) is 1.82. The maximum absolute atomic E-state index is 11.9. The summed E-state index contributed by atoms with van der Waals surface area (Å²) in [4.78, 5) is 11.9. The van der Waals surface area contributed by atoms with Crippen molar-refractivity contribution in [1.29, 1.82) is 0 Å². The summed E-state index contributed by atoms with van der Waals surface area (Å²) in [5.74, 6) is 2.90. The van der Waals surface area contributed by atoms with Crippen LogP contribution in [0.4, 0.5) is 0 Å². The van der Waals surface area contributed by atoms with Crippen molar-refractivity contribution in [1.82, 2.24) is 5.32 Å². The zero-order chi connectivity index (χ0) is 15.1. The lowest BCUT2D eigenvalue weighted by atomic mass is 10.1. The maximum Gasteiger partial charge on any atom is 0.238 e. The third-order valence-corrected chi connectivity index (χ3v) is 2.78. The minimum atomic E-state index is -0.680. The molecule has 0 aliphatic carbocycles. The van der Waals surface area contributed by atoms with Gasteiger partial charge in [-0.25, -0.2) is 0 Å². The van der Waals surface area contributed by atoms with Gasteiger partial charge in [-0.05, 0) is 26.8 Å². The summed E-state index contributed by atoms with van der Waals surface area (Å²) in [5.41, 5.74) is 6.61. The number of para-hydroxylation sites is 1. The minimum absolute atomic E-state index is 0.0720. The van der Waals surface area contributed by atoms with Crippen molar-refractivity contribution in [2.45, 2.75) is 45.4 Å². The van der Waals surface area contributed by atoms with Gasteiger partial charge in [0.25, 0.3) is 0 Å². The highest BCUT2D eigenvalue weighted by molar-refractivity contribution is 5.82. The largest absolute Gasteiger partial charge is 0.491 e. The molecule has 20 heavy (non-hydrogen) atoms. The molecule has 0 saturated heterocycles. The van der Waals surface area contributed by atoms with Crippen molar-refractivity contribution in [2.24, 2.45) is 5.73 Å². The van der Waals surface area contributed by atoms with E-state index in [0.717, 1.165) is 11.3 Å². The summed E-state index contributed by atoms with van der Waals surface area (Å²) >= 11 is 0. The SMILES string of the molecule is C#CCC(N)C(=O)NC(C)c1ccccc1OC(C)C. The first-order valence-corrected chi connectivity index (χ1v) is 6.70. The molecule has 1 aromatic carbocycles. The summed E-state index contributed by atoms with van der Waals surface area (Å²) in [6, 6.07) is 6.75. The molecule has 4 heteroatoms. The molecule has 1 aromatic rings. The van der Waals surface area contributed by atoms with Gasteiger partial charge >= 0.3 is 0 Å². The van der Waals surface area contributed by atoms with Crippen LogP contribution in [-0.4, -0.2) is 18.1 Å². The molecule has 0 aromatic heterocycles. The maximum atomic E-state index is 11.9. The van der Waals surface area contributed by atoms with Gasteiger partial charge in [-0.1, -0.05) is 18.2 Å². The molecule has 1 rings (SSSR count). The third-order valence-electron chi connectivity index (χ3n) is 2.78. The smallest absolute Gasteiger partial charge is 0.238 e. The number of hydrogen-bond donors (Lipinski definition) is 2. The normalized spacial score (nSPS) is 13.4. The summed E-state index contributed by atoms with van der Waals surface area (Å²) in [6.07, 6.45) is 5.45. The second-order valence-corrected chi connectivity index (χ2v) is 4.95. The number of terminal acetylenes is 1. The summed E-state index contributed by atoms with van der Waals surface area (Å²) < 4.78 is 5.74. The van der Waals surface area contributed by atoms with Crippen molar-refractivity contribution in [2.75, 3.05) is 0 Å². The van der Waals surface area contributed by atoms with E-state index in [1.165, 1.54) is 0 Å². The van der Waals surface area contributed by atoms with Crippen LogP contribution in [0.2, 0.25) is 0 Å². The van der Waals surface area contributed by atoms with E-state index in [9.17, 15) is 4.79 Å². The average Bonchev–Trinajstić information content (AvgIpc) is 2.38. The zero-order valence-corrected chi connectivity index (χ0v) is 12.2. The summed E-state index contributed by atoms with van der Waals surface area (Å²) in [6.45, 7) is 5.81. The first kappa shape index (κ1) is 16.1. The Labute approximate surface area is 120 Å². The van der Waals surface area contributed by atoms with Crippen molar-refractivity contribution in [3.63, 3.8) is 0 Å². The summed E-state index contributed by atoms with van der Waals surface area (Å²) in [7, 11) is 0. The van der Waals surface area contributed by atoms with Crippen LogP contribution >= 0.6 is 0 Å². The van der Waals surface area contributed by atoms with E-state index in [2.05, 4.69) is 11.2 Å². The van der Waals surface area contributed by atoms with Gasteiger partial charge in [-0.2, -0.15) is 0 Å². The van der Waals surface area contributed by atoms with E-state index >= 15 is 0 Å².